The van der Waals surface area contributed by atoms with E-state index >= 15 is 0 Å². The number of aromatic nitrogens is 2. The zero-order chi connectivity index (χ0) is 20.9. The number of carbonyl (C=O) groups excluding carboxylic acids is 1. The van der Waals surface area contributed by atoms with Gasteiger partial charge in [0.15, 0.2) is 8.68 Å². The number of anilines is 1. The van der Waals surface area contributed by atoms with Crippen LogP contribution in [-0.4, -0.2) is 21.9 Å². The third-order valence-electron chi connectivity index (χ3n) is 4.45. The van der Waals surface area contributed by atoms with Gasteiger partial charge in [0.2, 0.25) is 5.91 Å². The first-order chi connectivity index (χ1) is 14.6. The van der Waals surface area contributed by atoms with E-state index in [1.54, 1.807) is 11.8 Å². The molecule has 0 bridgehead atoms. The first-order valence-electron chi connectivity index (χ1n) is 9.51. The molecule has 0 atom stereocenters. The van der Waals surface area contributed by atoms with Crippen LogP contribution >= 0.6 is 34.9 Å². The van der Waals surface area contributed by atoms with E-state index in [-0.39, 0.29) is 5.91 Å². The van der Waals surface area contributed by atoms with Crippen molar-refractivity contribution >= 4 is 57.2 Å². The maximum absolute atomic E-state index is 12.3. The Hall–Kier alpha value is -2.35. The Morgan fingerprint density at radius 1 is 0.933 bits per heavy atom. The Kier molecular flexibility index (Phi) is 6.72. The lowest BCUT2D eigenvalue weighted by molar-refractivity contribution is -0.113. The summed E-state index contributed by atoms with van der Waals surface area (Å²) in [6.45, 7) is 4.05. The monoisotopic (exact) mass is 451 g/mol. The molecule has 4 nitrogen and oxygen atoms in total. The number of nitrogens with zero attached hydrogens (tertiary/aromatic N) is 2. The third-order valence-corrected chi connectivity index (χ3v) is 7.69. The Labute approximate surface area is 188 Å². The molecule has 0 fully saturated rings. The van der Waals surface area contributed by atoms with Gasteiger partial charge >= 0.3 is 0 Å². The Bertz CT molecular complexity index is 1160. The van der Waals surface area contributed by atoms with Gasteiger partial charge in [-0.25, -0.2) is 0 Å². The number of amides is 1. The summed E-state index contributed by atoms with van der Waals surface area (Å²) in [5.74, 6) is 1.12. The first-order valence-corrected chi connectivity index (χ1v) is 12.3. The normalized spacial score (nSPS) is 11.0. The molecule has 0 aliphatic heterocycles. The second-order valence-electron chi connectivity index (χ2n) is 6.97. The smallest absolute Gasteiger partial charge is 0.234 e. The number of hydrogen-bond acceptors (Lipinski definition) is 6. The highest BCUT2D eigenvalue weighted by atomic mass is 32.2. The van der Waals surface area contributed by atoms with Gasteiger partial charge < -0.3 is 5.32 Å². The van der Waals surface area contributed by atoms with Gasteiger partial charge in [-0.15, -0.1) is 10.2 Å². The first kappa shape index (κ1) is 20.9. The number of aryl methyl sites for hydroxylation is 2. The van der Waals surface area contributed by atoms with Gasteiger partial charge in [0.1, 0.15) is 0 Å². The molecule has 3 aromatic carbocycles. The van der Waals surface area contributed by atoms with Crippen LogP contribution in [0.3, 0.4) is 0 Å². The zero-order valence-electron chi connectivity index (χ0n) is 16.7. The summed E-state index contributed by atoms with van der Waals surface area (Å²) in [7, 11) is 0. The number of hydrogen-bond donors (Lipinski definition) is 1. The van der Waals surface area contributed by atoms with Crippen molar-refractivity contribution in [3.63, 3.8) is 0 Å². The average Bonchev–Trinajstić information content (AvgIpc) is 3.18. The maximum Gasteiger partial charge on any atom is 0.234 e. The molecule has 0 aliphatic rings. The molecule has 0 unspecified atom stereocenters. The lowest BCUT2D eigenvalue weighted by Gasteiger charge is -2.06. The van der Waals surface area contributed by atoms with Gasteiger partial charge in [0.25, 0.3) is 0 Å². The minimum Gasteiger partial charge on any atom is -0.325 e. The second kappa shape index (κ2) is 9.64. The van der Waals surface area contributed by atoms with Crippen LogP contribution in [0.5, 0.6) is 0 Å². The molecule has 0 saturated heterocycles. The lowest BCUT2D eigenvalue weighted by Crippen LogP contribution is -2.14. The van der Waals surface area contributed by atoms with Crippen LogP contribution in [0.15, 0.2) is 69.3 Å². The molecule has 1 aromatic heterocycles. The lowest BCUT2D eigenvalue weighted by atomic mass is 10.1. The van der Waals surface area contributed by atoms with Crippen molar-refractivity contribution in [2.24, 2.45) is 0 Å². The quantitative estimate of drug-likeness (QED) is 0.333. The maximum atomic E-state index is 12.3. The molecule has 7 heteroatoms. The summed E-state index contributed by atoms with van der Waals surface area (Å²) in [5.41, 5.74) is 4.39. The summed E-state index contributed by atoms with van der Waals surface area (Å²) in [5, 5.41) is 14.0. The summed E-state index contributed by atoms with van der Waals surface area (Å²) < 4.78 is 1.73. The number of rotatable bonds is 7. The van der Waals surface area contributed by atoms with E-state index in [1.165, 1.54) is 39.4 Å². The molecule has 0 saturated carbocycles. The van der Waals surface area contributed by atoms with Crippen molar-refractivity contribution in [2.75, 3.05) is 11.1 Å². The summed E-state index contributed by atoms with van der Waals surface area (Å²) in [4.78, 5) is 12.3. The van der Waals surface area contributed by atoms with Gasteiger partial charge in [-0.2, -0.15) is 0 Å². The van der Waals surface area contributed by atoms with Crippen LogP contribution in [0.2, 0.25) is 0 Å². The predicted molar refractivity (Wildman–Crippen MR) is 129 cm³/mol. The molecule has 1 heterocycles. The summed E-state index contributed by atoms with van der Waals surface area (Å²) in [6.07, 6.45) is 0. The van der Waals surface area contributed by atoms with E-state index in [1.807, 2.05) is 26.0 Å². The fourth-order valence-corrected chi connectivity index (χ4v) is 6.07. The zero-order valence-corrected chi connectivity index (χ0v) is 19.2. The average molecular weight is 452 g/mol. The summed E-state index contributed by atoms with van der Waals surface area (Å²) >= 11 is 4.64. The fraction of sp³-hybridized carbons (Fsp3) is 0.174. The highest BCUT2D eigenvalue weighted by Gasteiger charge is 2.10. The number of nitrogens with one attached hydrogen (secondary N) is 1. The van der Waals surface area contributed by atoms with Gasteiger partial charge in [0, 0.05) is 11.4 Å². The van der Waals surface area contributed by atoms with Gasteiger partial charge in [-0.05, 0) is 53.4 Å². The minimum absolute atomic E-state index is 0.0369. The van der Waals surface area contributed by atoms with E-state index in [0.717, 1.165) is 31.2 Å². The Balaban J connectivity index is 1.31. The van der Waals surface area contributed by atoms with Crippen LogP contribution < -0.4 is 5.32 Å². The minimum atomic E-state index is -0.0369. The molecule has 0 aliphatic carbocycles. The summed E-state index contributed by atoms with van der Waals surface area (Å²) in [6, 6.07) is 20.8. The number of fused-ring (bicyclic) bond motifs is 1. The van der Waals surface area contributed by atoms with Crippen LogP contribution in [0.25, 0.3) is 10.8 Å². The highest BCUT2D eigenvalue weighted by Crippen LogP contribution is 2.32. The van der Waals surface area contributed by atoms with Gasteiger partial charge in [-0.3, -0.25) is 4.79 Å². The van der Waals surface area contributed by atoms with E-state index in [0.29, 0.717) is 5.75 Å². The Morgan fingerprint density at radius 2 is 1.63 bits per heavy atom. The van der Waals surface area contributed by atoms with E-state index in [2.05, 4.69) is 64.0 Å². The number of thioether (sulfide) groups is 2. The van der Waals surface area contributed by atoms with E-state index in [9.17, 15) is 4.79 Å². The van der Waals surface area contributed by atoms with Crippen LogP contribution in [0.1, 0.15) is 16.7 Å². The molecule has 4 aromatic rings. The Morgan fingerprint density at radius 3 is 2.43 bits per heavy atom. The van der Waals surface area contributed by atoms with Crippen molar-refractivity contribution in [3.8, 4) is 0 Å². The van der Waals surface area contributed by atoms with Crippen LogP contribution in [-0.2, 0) is 10.5 Å². The van der Waals surface area contributed by atoms with Gasteiger partial charge in [-0.1, -0.05) is 83.4 Å². The number of benzene rings is 3. The highest BCUT2D eigenvalue weighted by molar-refractivity contribution is 8.03. The molecule has 30 heavy (non-hydrogen) atoms. The number of carbonyl (C=O) groups is 1. The van der Waals surface area contributed by atoms with E-state index < -0.39 is 0 Å². The molecule has 1 N–H and O–H groups in total. The van der Waals surface area contributed by atoms with Gasteiger partial charge in [0.05, 0.1) is 5.75 Å². The van der Waals surface area contributed by atoms with Crippen molar-refractivity contribution in [2.45, 2.75) is 28.3 Å². The van der Waals surface area contributed by atoms with Crippen molar-refractivity contribution in [3.05, 3.63) is 77.4 Å². The molecule has 0 spiro atoms. The van der Waals surface area contributed by atoms with E-state index in [4.69, 9.17) is 0 Å². The van der Waals surface area contributed by atoms with Crippen molar-refractivity contribution in [1.82, 2.24) is 10.2 Å². The molecular weight excluding hydrogens is 430 g/mol. The molecule has 4 rings (SSSR count). The largest absolute Gasteiger partial charge is 0.325 e. The fourth-order valence-electron chi connectivity index (χ4n) is 3.24. The SMILES string of the molecule is Cc1cc(C)cc(NC(=O)CSc2nnc(SCc3cccc4ccccc34)s2)c1. The molecule has 1 amide bonds. The standard InChI is InChI=1S/C23H21N3OS3/c1-15-10-16(2)12-19(11-15)24-21(27)14-29-23-26-25-22(30-23)28-13-18-8-5-7-17-6-3-4-9-20(17)18/h3-12H,13-14H2,1-2H3,(H,24,27). The van der Waals surface area contributed by atoms with Crippen molar-refractivity contribution in [1.29, 1.82) is 0 Å². The topological polar surface area (TPSA) is 54.9 Å². The van der Waals surface area contributed by atoms with Crippen LogP contribution in [0, 0.1) is 13.8 Å². The predicted octanol–water partition coefficient (Wildman–Crippen LogP) is 6.33. The molecule has 152 valence electrons. The third kappa shape index (κ3) is 5.41. The molecular formula is C23H21N3OS3. The van der Waals surface area contributed by atoms with Crippen molar-refractivity contribution < 1.29 is 4.79 Å². The second-order valence-corrected chi connectivity index (χ2v) is 10.4. The molecule has 0 radical (unpaired) electrons. The van der Waals surface area contributed by atoms with Crippen LogP contribution in [0.4, 0.5) is 5.69 Å².